The maximum atomic E-state index is 11.7. The van der Waals surface area contributed by atoms with Gasteiger partial charge in [-0.05, 0) is 74.5 Å². The Kier molecular flexibility index (Phi) is 10.3. The van der Waals surface area contributed by atoms with E-state index in [1.165, 1.54) is 6.92 Å². The van der Waals surface area contributed by atoms with Crippen molar-refractivity contribution in [2.24, 2.45) is 40.4 Å². The molecule has 15 nitrogen and oxygen atoms in total. The number of hydrogen-bond acceptors (Lipinski definition) is 14. The predicted molar refractivity (Wildman–Crippen MR) is 187 cm³/mol. The average Bonchev–Trinajstić information content (AvgIpc) is 3.55. The fourth-order valence-electron chi connectivity index (χ4n) is 12.4. The molecule has 4 aliphatic heterocycles. The number of fused-ring (bicyclic) bond motifs is 7. The van der Waals surface area contributed by atoms with Gasteiger partial charge in [0.25, 0.3) is 0 Å². The van der Waals surface area contributed by atoms with Crippen molar-refractivity contribution in [2.75, 3.05) is 13.2 Å². The van der Waals surface area contributed by atoms with Crippen molar-refractivity contribution in [2.45, 2.75) is 158 Å². The summed E-state index contributed by atoms with van der Waals surface area (Å²) >= 11 is 0. The van der Waals surface area contributed by atoms with Crippen LogP contribution in [-0.4, -0.2) is 131 Å². The summed E-state index contributed by atoms with van der Waals surface area (Å²) in [6.45, 7) is 12.6. The van der Waals surface area contributed by atoms with Gasteiger partial charge in [-0.15, -0.1) is 0 Å². The lowest BCUT2D eigenvalue weighted by molar-refractivity contribution is -0.361. The molecule has 7 fully saturated rings. The molecule has 1 spiro atoms. The van der Waals surface area contributed by atoms with Gasteiger partial charge in [0.05, 0.1) is 37.6 Å². The molecule has 0 bridgehead atoms. The van der Waals surface area contributed by atoms with Crippen LogP contribution >= 0.6 is 0 Å². The maximum Gasteiger partial charge on any atom is 0.397 e. The van der Waals surface area contributed by atoms with Gasteiger partial charge in [0, 0.05) is 24.2 Å². The van der Waals surface area contributed by atoms with Crippen LogP contribution in [0.2, 0.25) is 0 Å². The van der Waals surface area contributed by atoms with Gasteiger partial charge in [0.15, 0.2) is 18.4 Å². The highest BCUT2D eigenvalue weighted by atomic mass is 32.3. The van der Waals surface area contributed by atoms with E-state index >= 15 is 0 Å². The Morgan fingerprint density at radius 3 is 2.41 bits per heavy atom. The summed E-state index contributed by atoms with van der Waals surface area (Å²) in [6.07, 6.45) is -6.40. The number of ether oxygens (including phenoxy) is 6. The molecule has 0 aromatic heterocycles. The number of rotatable bonds is 6. The Balaban J connectivity index is 1.06. The largest absolute Gasteiger partial charge is 0.397 e. The quantitative estimate of drug-likeness (QED) is 0.167. The maximum absolute atomic E-state index is 11.7. The molecule has 4 heterocycles. The van der Waals surface area contributed by atoms with Crippen molar-refractivity contribution in [3.63, 3.8) is 0 Å². The summed E-state index contributed by atoms with van der Waals surface area (Å²) in [6, 6.07) is 0. The first-order chi connectivity index (χ1) is 25.4. The van der Waals surface area contributed by atoms with E-state index in [4.69, 9.17) is 32.6 Å². The van der Waals surface area contributed by atoms with Crippen molar-refractivity contribution in [3.8, 4) is 0 Å². The Morgan fingerprint density at radius 2 is 1.70 bits per heavy atom. The van der Waals surface area contributed by atoms with Crippen LogP contribution in [-0.2, 0) is 43.0 Å². The van der Waals surface area contributed by atoms with E-state index in [1.807, 2.05) is 0 Å². The molecule has 54 heavy (non-hydrogen) atoms. The SMILES string of the molecule is C=C1CC[C@@]2(OC1)OC1C[C@H]3[C@@H]4CC=C5C[C@@H](O)C[C@@H](O[C@@H]6OC[C@H](OS(=O)(=O)O)[C@H](O)[C@H]6O[C@@H]6O[C@@H](C)[C@H](O)[C@@H](O)[C@H]6O)[C@]5(C)[C@H]4CC[C@]3(C)C1[C@@H]2C. The normalized spacial score (nSPS) is 54.7. The van der Waals surface area contributed by atoms with Crippen molar-refractivity contribution < 1.29 is 71.1 Å². The Morgan fingerprint density at radius 1 is 0.944 bits per heavy atom. The monoisotopic (exact) mass is 786 g/mol. The van der Waals surface area contributed by atoms with Crippen LogP contribution in [0.15, 0.2) is 23.8 Å². The van der Waals surface area contributed by atoms with Crippen LogP contribution in [0.3, 0.4) is 0 Å². The Hall–Kier alpha value is -1.09. The van der Waals surface area contributed by atoms with Crippen molar-refractivity contribution in [1.29, 1.82) is 0 Å². The molecule has 4 aliphatic carbocycles. The first-order valence-electron chi connectivity index (χ1n) is 19.7. The molecule has 0 aromatic carbocycles. The lowest BCUT2D eigenvalue weighted by atomic mass is 9.46. The zero-order valence-corrected chi connectivity index (χ0v) is 32.3. The smallest absolute Gasteiger partial charge is 0.393 e. The van der Waals surface area contributed by atoms with Crippen LogP contribution in [0.4, 0.5) is 0 Å². The second kappa shape index (κ2) is 14.0. The van der Waals surface area contributed by atoms with E-state index in [0.717, 1.165) is 49.7 Å². The third-order valence-electron chi connectivity index (χ3n) is 15.2. The van der Waals surface area contributed by atoms with E-state index in [1.54, 1.807) is 0 Å². The first-order valence-corrected chi connectivity index (χ1v) is 21.0. The lowest BCUT2D eigenvalue weighted by Gasteiger charge is -2.60. The zero-order chi connectivity index (χ0) is 38.7. The van der Waals surface area contributed by atoms with Crippen molar-refractivity contribution in [3.05, 3.63) is 23.8 Å². The van der Waals surface area contributed by atoms with Crippen LogP contribution in [0, 0.1) is 40.4 Å². The molecular formula is C38H58O15S. The number of hydrogen-bond donors (Lipinski definition) is 6. The summed E-state index contributed by atoms with van der Waals surface area (Å²) < 4.78 is 75.2. The third-order valence-corrected chi connectivity index (χ3v) is 15.7. The highest BCUT2D eigenvalue weighted by molar-refractivity contribution is 7.80. The first kappa shape index (κ1) is 39.7. The van der Waals surface area contributed by atoms with E-state index in [2.05, 4.69) is 33.4 Å². The molecule has 16 heteroatoms. The second-order valence-electron chi connectivity index (χ2n) is 18.0. The summed E-state index contributed by atoms with van der Waals surface area (Å²) in [7, 11) is -5.02. The molecule has 0 aromatic rings. The van der Waals surface area contributed by atoms with Gasteiger partial charge in [0.1, 0.15) is 36.6 Å². The summed E-state index contributed by atoms with van der Waals surface area (Å²) in [4.78, 5) is 0. The topological polar surface area (TPSA) is 220 Å². The summed E-state index contributed by atoms with van der Waals surface area (Å²) in [5.41, 5.74) is 1.72. The standard InChI is InChI=1S/C38H58O15S/c1-17-8-11-38(48-15-17)18(2)28-25(52-38)14-24-22-7-6-20-12-21(39)13-27(37(20,5)23(22)9-10-36(24,28)4)50-35-33(30(41)26(16-47-35)53-54(44,45)46)51-34-32(43)31(42)29(40)19(3)49-34/h6,18-19,21-35,39-43H,1,7-16H2,2-5H3,(H,44,45,46)/t18-,19-,21+,22+,23-,24-,25?,26-,27+,28?,29-,30-,31+,32+,33+,34-,35-,36-,37-,38+/m0/s1. The third kappa shape index (κ3) is 6.39. The minimum atomic E-state index is -5.02. The highest BCUT2D eigenvalue weighted by Crippen LogP contribution is 2.71. The molecule has 8 aliphatic rings. The van der Waals surface area contributed by atoms with E-state index in [-0.39, 0.29) is 29.8 Å². The number of aliphatic hydroxyl groups is 5. The minimum Gasteiger partial charge on any atom is -0.393 e. The molecule has 3 saturated carbocycles. The molecular weight excluding hydrogens is 728 g/mol. The second-order valence-corrected chi connectivity index (χ2v) is 19.0. The van der Waals surface area contributed by atoms with Crippen molar-refractivity contribution in [1.82, 2.24) is 0 Å². The van der Waals surface area contributed by atoms with Gasteiger partial charge in [-0.25, -0.2) is 4.18 Å². The minimum absolute atomic E-state index is 0.0481. The average molecular weight is 787 g/mol. The molecule has 0 radical (unpaired) electrons. The van der Waals surface area contributed by atoms with Gasteiger partial charge in [0.2, 0.25) is 0 Å². The van der Waals surface area contributed by atoms with E-state index in [9.17, 15) is 38.5 Å². The van der Waals surface area contributed by atoms with Gasteiger partial charge in [-0.3, -0.25) is 4.55 Å². The van der Waals surface area contributed by atoms with Gasteiger partial charge in [-0.1, -0.05) is 44.6 Å². The predicted octanol–water partition coefficient (Wildman–Crippen LogP) is 1.75. The van der Waals surface area contributed by atoms with Crippen LogP contribution < -0.4 is 0 Å². The van der Waals surface area contributed by atoms with Gasteiger partial charge in [-0.2, -0.15) is 8.42 Å². The summed E-state index contributed by atoms with van der Waals surface area (Å²) in [5.74, 6) is 0.946. The van der Waals surface area contributed by atoms with E-state index in [0.29, 0.717) is 30.8 Å². The fourth-order valence-corrected chi connectivity index (χ4v) is 12.9. The molecule has 6 N–H and O–H groups in total. The molecule has 2 unspecified atom stereocenters. The molecule has 4 saturated heterocycles. The van der Waals surface area contributed by atoms with Crippen LogP contribution in [0.1, 0.15) is 79.1 Å². The molecule has 306 valence electrons. The lowest BCUT2D eigenvalue weighted by Crippen LogP contribution is -2.63. The number of aliphatic hydroxyl groups excluding tert-OH is 5. The molecule has 8 rings (SSSR count). The highest BCUT2D eigenvalue weighted by Gasteiger charge is 2.69. The Bertz CT molecular complexity index is 1580. The number of allylic oxidation sites excluding steroid dienone is 1. The zero-order valence-electron chi connectivity index (χ0n) is 31.4. The molecule has 20 atom stereocenters. The van der Waals surface area contributed by atoms with Gasteiger partial charge >= 0.3 is 10.4 Å². The summed E-state index contributed by atoms with van der Waals surface area (Å²) in [5, 5.41) is 54.1. The fraction of sp³-hybridized carbons (Fsp3) is 0.895. The molecule has 0 amide bonds. The van der Waals surface area contributed by atoms with Crippen molar-refractivity contribution >= 4 is 10.4 Å². The van der Waals surface area contributed by atoms with Crippen LogP contribution in [0.5, 0.6) is 0 Å². The Labute approximate surface area is 316 Å². The van der Waals surface area contributed by atoms with Crippen LogP contribution in [0.25, 0.3) is 0 Å². The van der Waals surface area contributed by atoms with E-state index < -0.39 is 95.7 Å². The van der Waals surface area contributed by atoms with Gasteiger partial charge < -0.3 is 54.0 Å².